The maximum absolute atomic E-state index is 2.44. The molecule has 0 spiro atoms. The molecular weight excluding hydrogens is 148 g/mol. The Hall–Kier alpha value is -0.920. The molecule has 0 N–H and O–H groups in total. The average molecular weight is 164 g/mol. The molecule has 0 aromatic carbocycles. The van der Waals surface area contributed by atoms with Gasteiger partial charge in [-0.15, -0.1) is 0 Å². The molecule has 2 nitrogen and oxygen atoms in total. The molecule has 2 heterocycles. The van der Waals surface area contributed by atoms with Gasteiger partial charge in [-0.05, 0) is 38.8 Å². The molecule has 2 heteroatoms. The molecule has 0 saturated carbocycles. The number of hydrogen-bond donors (Lipinski definition) is 0. The largest absolute Gasteiger partial charge is 0.313 e. The molecule has 1 aromatic heterocycles. The minimum atomic E-state index is 1.22. The fourth-order valence-corrected chi connectivity index (χ4v) is 2.01. The number of nitrogens with zero attached hydrogens (tertiary/aromatic N) is 2. The van der Waals surface area contributed by atoms with Gasteiger partial charge >= 0.3 is 0 Å². The number of aromatic nitrogens is 1. The van der Waals surface area contributed by atoms with Crippen LogP contribution in [0.5, 0.6) is 0 Å². The topological polar surface area (TPSA) is 8.17 Å². The van der Waals surface area contributed by atoms with Gasteiger partial charge in [0.15, 0.2) is 0 Å². The third-order valence-corrected chi connectivity index (χ3v) is 2.60. The normalized spacial score (nSPS) is 17.3. The van der Waals surface area contributed by atoms with Crippen LogP contribution in [0.2, 0.25) is 0 Å². The van der Waals surface area contributed by atoms with Gasteiger partial charge in [-0.3, -0.25) is 4.68 Å². The van der Waals surface area contributed by atoms with Gasteiger partial charge in [0.1, 0.15) is 0 Å². The van der Waals surface area contributed by atoms with Gasteiger partial charge < -0.3 is 5.01 Å². The summed E-state index contributed by atoms with van der Waals surface area (Å²) in [5.41, 5.74) is 2.71. The van der Waals surface area contributed by atoms with Gasteiger partial charge in [0.05, 0.1) is 0 Å². The summed E-state index contributed by atoms with van der Waals surface area (Å²) < 4.78 is 2.34. The Morgan fingerprint density at radius 3 is 2.00 bits per heavy atom. The summed E-state index contributed by atoms with van der Waals surface area (Å²) in [6, 6.07) is 4.38. The first-order valence-corrected chi connectivity index (χ1v) is 4.69. The van der Waals surface area contributed by atoms with Crippen LogP contribution in [0, 0.1) is 13.8 Å². The third-order valence-electron chi connectivity index (χ3n) is 2.60. The van der Waals surface area contributed by atoms with Crippen LogP contribution in [0.1, 0.15) is 24.2 Å². The van der Waals surface area contributed by atoms with Gasteiger partial charge in [0.25, 0.3) is 0 Å². The van der Waals surface area contributed by atoms with Crippen molar-refractivity contribution < 1.29 is 0 Å². The summed E-state index contributed by atoms with van der Waals surface area (Å²) in [5, 5.41) is 2.44. The van der Waals surface area contributed by atoms with E-state index in [4.69, 9.17) is 0 Å². The quantitative estimate of drug-likeness (QED) is 0.615. The second-order valence-corrected chi connectivity index (χ2v) is 3.59. The van der Waals surface area contributed by atoms with E-state index in [1.807, 2.05) is 0 Å². The van der Waals surface area contributed by atoms with Crippen molar-refractivity contribution in [3.63, 3.8) is 0 Å². The first-order chi connectivity index (χ1) is 5.79. The van der Waals surface area contributed by atoms with Crippen LogP contribution in [-0.2, 0) is 0 Å². The molecule has 0 unspecified atom stereocenters. The molecule has 2 rings (SSSR count). The van der Waals surface area contributed by atoms with E-state index >= 15 is 0 Å². The van der Waals surface area contributed by atoms with E-state index in [9.17, 15) is 0 Å². The molecule has 0 amide bonds. The molecular formula is C10H16N2. The smallest absolute Gasteiger partial charge is 0.0368 e. The highest BCUT2D eigenvalue weighted by atomic mass is 15.6. The van der Waals surface area contributed by atoms with Crippen LogP contribution < -0.4 is 5.01 Å². The van der Waals surface area contributed by atoms with Crippen LogP contribution in [0.15, 0.2) is 12.1 Å². The Balaban J connectivity index is 2.30. The van der Waals surface area contributed by atoms with Gasteiger partial charge in [-0.25, -0.2) is 0 Å². The lowest BCUT2D eigenvalue weighted by Crippen LogP contribution is -2.32. The predicted molar refractivity (Wildman–Crippen MR) is 51.1 cm³/mol. The summed E-state index contributed by atoms with van der Waals surface area (Å²) in [5.74, 6) is 0. The predicted octanol–water partition coefficient (Wildman–Crippen LogP) is 1.84. The molecule has 1 aromatic rings. The molecule has 1 aliphatic heterocycles. The van der Waals surface area contributed by atoms with Crippen LogP contribution in [0.25, 0.3) is 0 Å². The van der Waals surface area contributed by atoms with Crippen LogP contribution >= 0.6 is 0 Å². The molecule has 66 valence electrons. The van der Waals surface area contributed by atoms with Gasteiger partial charge in [-0.1, -0.05) is 0 Å². The molecule has 1 saturated heterocycles. The summed E-state index contributed by atoms with van der Waals surface area (Å²) in [7, 11) is 0. The Kier molecular flexibility index (Phi) is 1.83. The highest BCUT2D eigenvalue weighted by Gasteiger charge is 2.14. The Bertz CT molecular complexity index is 250. The van der Waals surface area contributed by atoms with Crippen molar-refractivity contribution in [1.82, 2.24) is 4.68 Å². The minimum absolute atomic E-state index is 1.22. The van der Waals surface area contributed by atoms with Crippen molar-refractivity contribution in [1.29, 1.82) is 0 Å². The maximum Gasteiger partial charge on any atom is 0.0368 e. The highest BCUT2D eigenvalue weighted by Crippen LogP contribution is 2.13. The van der Waals surface area contributed by atoms with Crippen LogP contribution in [0.4, 0.5) is 0 Å². The lowest BCUT2D eigenvalue weighted by Gasteiger charge is -2.23. The molecule has 1 aliphatic rings. The molecule has 1 fully saturated rings. The third kappa shape index (κ3) is 1.11. The van der Waals surface area contributed by atoms with Crippen LogP contribution in [0.3, 0.4) is 0 Å². The zero-order valence-corrected chi connectivity index (χ0v) is 7.88. The van der Waals surface area contributed by atoms with E-state index in [-0.39, 0.29) is 0 Å². The zero-order valence-electron chi connectivity index (χ0n) is 7.88. The van der Waals surface area contributed by atoms with Gasteiger partial charge in [-0.2, -0.15) is 0 Å². The molecule has 0 aliphatic carbocycles. The first kappa shape index (κ1) is 7.71. The van der Waals surface area contributed by atoms with Crippen molar-refractivity contribution in [3.8, 4) is 0 Å². The Morgan fingerprint density at radius 1 is 1.00 bits per heavy atom. The summed E-state index contributed by atoms with van der Waals surface area (Å²) in [4.78, 5) is 0. The standard InChI is InChI=1S/C10H16N2/c1-9-5-6-10(2)12(9)11-7-3-4-8-11/h5-6H,3-4,7-8H2,1-2H3. The van der Waals surface area contributed by atoms with Crippen molar-refractivity contribution in [3.05, 3.63) is 23.5 Å². The Labute approximate surface area is 73.8 Å². The number of hydrogen-bond acceptors (Lipinski definition) is 1. The number of rotatable bonds is 1. The second kappa shape index (κ2) is 2.85. The van der Waals surface area contributed by atoms with E-state index < -0.39 is 0 Å². The van der Waals surface area contributed by atoms with E-state index in [0.29, 0.717) is 0 Å². The summed E-state index contributed by atoms with van der Waals surface area (Å²) in [6.07, 6.45) is 2.69. The van der Waals surface area contributed by atoms with Crippen molar-refractivity contribution in [2.45, 2.75) is 26.7 Å². The lowest BCUT2D eigenvalue weighted by atomic mass is 10.4. The monoisotopic (exact) mass is 164 g/mol. The van der Waals surface area contributed by atoms with E-state index in [1.165, 1.54) is 37.3 Å². The van der Waals surface area contributed by atoms with E-state index in [2.05, 4.69) is 35.7 Å². The fraction of sp³-hybridized carbons (Fsp3) is 0.600. The van der Waals surface area contributed by atoms with Crippen LogP contribution in [-0.4, -0.2) is 17.8 Å². The molecule has 0 radical (unpaired) electrons. The van der Waals surface area contributed by atoms with Gasteiger partial charge in [0.2, 0.25) is 0 Å². The minimum Gasteiger partial charge on any atom is -0.313 e. The average Bonchev–Trinajstić information content (AvgIpc) is 2.61. The summed E-state index contributed by atoms with van der Waals surface area (Å²) >= 11 is 0. The molecule has 0 bridgehead atoms. The fourth-order valence-electron chi connectivity index (χ4n) is 2.01. The molecule has 0 atom stereocenters. The van der Waals surface area contributed by atoms with Crippen molar-refractivity contribution in [2.24, 2.45) is 0 Å². The Morgan fingerprint density at radius 2 is 1.50 bits per heavy atom. The van der Waals surface area contributed by atoms with E-state index in [1.54, 1.807) is 0 Å². The molecule has 12 heavy (non-hydrogen) atoms. The number of aryl methyl sites for hydroxylation is 2. The zero-order chi connectivity index (χ0) is 8.55. The van der Waals surface area contributed by atoms with Crippen molar-refractivity contribution >= 4 is 0 Å². The van der Waals surface area contributed by atoms with Crippen molar-refractivity contribution in [2.75, 3.05) is 18.1 Å². The maximum atomic E-state index is 2.44. The highest BCUT2D eigenvalue weighted by molar-refractivity contribution is 5.17. The summed E-state index contributed by atoms with van der Waals surface area (Å²) in [6.45, 7) is 6.78. The van der Waals surface area contributed by atoms with Gasteiger partial charge in [0, 0.05) is 24.5 Å². The SMILES string of the molecule is Cc1ccc(C)n1N1CCCC1. The lowest BCUT2D eigenvalue weighted by molar-refractivity contribution is 0.634. The van der Waals surface area contributed by atoms with E-state index in [0.717, 1.165) is 0 Å². The first-order valence-electron chi connectivity index (χ1n) is 4.69. The second-order valence-electron chi connectivity index (χ2n) is 3.59.